The van der Waals surface area contributed by atoms with E-state index in [0.717, 1.165) is 56.9 Å². The fourth-order valence-corrected chi connectivity index (χ4v) is 2.95. The first-order valence-corrected chi connectivity index (χ1v) is 8.71. The van der Waals surface area contributed by atoms with Crippen LogP contribution in [0, 0.1) is 0 Å². The first-order chi connectivity index (χ1) is 11.3. The number of anilines is 1. The van der Waals surface area contributed by atoms with E-state index in [0.29, 0.717) is 19.6 Å². The molecule has 23 heavy (non-hydrogen) atoms. The summed E-state index contributed by atoms with van der Waals surface area (Å²) in [6.07, 6.45) is 3.65. The fourth-order valence-electron chi connectivity index (χ4n) is 2.95. The fraction of sp³-hybridized carbons (Fsp3) is 0.611. The van der Waals surface area contributed by atoms with Crippen molar-refractivity contribution in [3.63, 3.8) is 0 Å². The first kappa shape index (κ1) is 17.6. The molecule has 128 valence electrons. The van der Waals surface area contributed by atoms with Gasteiger partial charge in [-0.1, -0.05) is 18.6 Å². The molecule has 1 amide bonds. The van der Waals surface area contributed by atoms with Crippen LogP contribution >= 0.6 is 0 Å². The van der Waals surface area contributed by atoms with Crippen molar-refractivity contribution in [2.45, 2.75) is 32.6 Å². The number of carbonyl (C=O) groups excluding carboxylic acids is 1. The normalized spacial score (nSPS) is 14.9. The number of amides is 1. The molecule has 1 fully saturated rings. The minimum Gasteiger partial charge on any atom is -0.492 e. The molecule has 1 aliphatic rings. The molecule has 5 nitrogen and oxygen atoms in total. The molecular formula is C18H29N3O2. The number of para-hydroxylation sites is 2. The molecule has 0 aliphatic carbocycles. The van der Waals surface area contributed by atoms with Gasteiger partial charge >= 0.3 is 0 Å². The van der Waals surface area contributed by atoms with E-state index in [1.807, 2.05) is 30.0 Å². The van der Waals surface area contributed by atoms with Gasteiger partial charge in [0.05, 0.1) is 12.3 Å². The molecule has 1 aromatic carbocycles. The van der Waals surface area contributed by atoms with Gasteiger partial charge in [-0.2, -0.15) is 0 Å². The zero-order chi connectivity index (χ0) is 16.5. The largest absolute Gasteiger partial charge is 0.492 e. The average molecular weight is 319 g/mol. The lowest BCUT2D eigenvalue weighted by atomic mass is 10.1. The third kappa shape index (κ3) is 5.13. The molecule has 0 radical (unpaired) electrons. The summed E-state index contributed by atoms with van der Waals surface area (Å²) in [7, 11) is 0. The number of nitrogens with zero attached hydrogens (tertiary/aromatic N) is 2. The van der Waals surface area contributed by atoms with Gasteiger partial charge in [-0.25, -0.2) is 0 Å². The smallest absolute Gasteiger partial charge is 0.222 e. The Balaban J connectivity index is 1.83. The zero-order valence-electron chi connectivity index (χ0n) is 14.2. The highest BCUT2D eigenvalue weighted by Crippen LogP contribution is 2.28. The Morgan fingerprint density at radius 1 is 1.13 bits per heavy atom. The van der Waals surface area contributed by atoms with E-state index >= 15 is 0 Å². The van der Waals surface area contributed by atoms with Crippen molar-refractivity contribution in [3.05, 3.63) is 24.3 Å². The van der Waals surface area contributed by atoms with Crippen LogP contribution < -0.4 is 15.4 Å². The van der Waals surface area contributed by atoms with Crippen molar-refractivity contribution in [2.24, 2.45) is 5.73 Å². The highest BCUT2D eigenvalue weighted by Gasteiger charge is 2.22. The number of rotatable bonds is 8. The lowest BCUT2D eigenvalue weighted by Crippen LogP contribution is -2.48. The number of ether oxygens (including phenoxy) is 1. The Morgan fingerprint density at radius 2 is 1.87 bits per heavy atom. The first-order valence-electron chi connectivity index (χ1n) is 8.71. The summed E-state index contributed by atoms with van der Waals surface area (Å²) in [5, 5.41) is 0. The van der Waals surface area contributed by atoms with E-state index in [4.69, 9.17) is 10.5 Å². The molecule has 1 saturated heterocycles. The molecule has 2 N–H and O–H groups in total. The molecule has 1 heterocycles. The van der Waals surface area contributed by atoms with Crippen LogP contribution in [0.1, 0.15) is 32.6 Å². The van der Waals surface area contributed by atoms with Crippen molar-refractivity contribution in [1.29, 1.82) is 0 Å². The van der Waals surface area contributed by atoms with Gasteiger partial charge in [-0.05, 0) is 38.4 Å². The second-order valence-corrected chi connectivity index (χ2v) is 5.87. The maximum Gasteiger partial charge on any atom is 0.222 e. The lowest BCUT2D eigenvalue weighted by Gasteiger charge is -2.36. The SMILES string of the molecule is CCOc1ccccc1N1CCN(C(=O)CCCCCN)CC1. The van der Waals surface area contributed by atoms with E-state index in [1.54, 1.807) is 0 Å². The van der Waals surface area contributed by atoms with Gasteiger partial charge in [0.15, 0.2) is 0 Å². The Labute approximate surface area is 139 Å². The third-order valence-electron chi connectivity index (χ3n) is 4.23. The van der Waals surface area contributed by atoms with Crippen molar-refractivity contribution in [2.75, 3.05) is 44.2 Å². The number of nitrogens with two attached hydrogens (primary N) is 1. The molecule has 1 aromatic rings. The molecule has 0 atom stereocenters. The van der Waals surface area contributed by atoms with Gasteiger partial charge in [0.2, 0.25) is 5.91 Å². The van der Waals surface area contributed by atoms with Gasteiger partial charge in [0.1, 0.15) is 5.75 Å². The van der Waals surface area contributed by atoms with Crippen LogP contribution in [0.2, 0.25) is 0 Å². The Kier molecular flexibility index (Phi) is 7.20. The maximum absolute atomic E-state index is 12.2. The van der Waals surface area contributed by atoms with Crippen LogP contribution in [0.15, 0.2) is 24.3 Å². The number of piperazine rings is 1. The number of benzene rings is 1. The monoisotopic (exact) mass is 319 g/mol. The van der Waals surface area contributed by atoms with Crippen LogP contribution in [0.25, 0.3) is 0 Å². The number of unbranched alkanes of at least 4 members (excludes halogenated alkanes) is 2. The lowest BCUT2D eigenvalue weighted by molar-refractivity contribution is -0.131. The summed E-state index contributed by atoms with van der Waals surface area (Å²) in [6, 6.07) is 8.13. The summed E-state index contributed by atoms with van der Waals surface area (Å²) in [4.78, 5) is 16.5. The van der Waals surface area contributed by atoms with E-state index in [-0.39, 0.29) is 5.91 Å². The number of carbonyl (C=O) groups is 1. The van der Waals surface area contributed by atoms with Crippen LogP contribution in [-0.2, 0) is 4.79 Å². The second kappa shape index (κ2) is 9.40. The van der Waals surface area contributed by atoms with E-state index in [2.05, 4.69) is 11.0 Å². The van der Waals surface area contributed by atoms with Gasteiger partial charge in [-0.15, -0.1) is 0 Å². The summed E-state index contributed by atoms with van der Waals surface area (Å²) in [5.74, 6) is 1.20. The molecule has 0 saturated carbocycles. The molecule has 0 bridgehead atoms. The average Bonchev–Trinajstić information content (AvgIpc) is 2.59. The van der Waals surface area contributed by atoms with Crippen molar-refractivity contribution in [1.82, 2.24) is 4.90 Å². The zero-order valence-corrected chi connectivity index (χ0v) is 14.2. The number of hydrogen-bond donors (Lipinski definition) is 1. The van der Waals surface area contributed by atoms with Crippen LogP contribution in [0.5, 0.6) is 5.75 Å². The molecule has 2 rings (SSSR count). The molecular weight excluding hydrogens is 290 g/mol. The summed E-state index contributed by atoms with van der Waals surface area (Å²) in [6.45, 7) is 6.67. The summed E-state index contributed by atoms with van der Waals surface area (Å²) < 4.78 is 5.71. The summed E-state index contributed by atoms with van der Waals surface area (Å²) >= 11 is 0. The number of hydrogen-bond acceptors (Lipinski definition) is 4. The standard InChI is InChI=1S/C18H29N3O2/c1-2-23-17-9-6-5-8-16(17)20-12-14-21(15-13-20)18(22)10-4-3-7-11-19/h5-6,8-9H,2-4,7,10-15,19H2,1H3. The van der Waals surface area contributed by atoms with Gasteiger partial charge in [-0.3, -0.25) is 4.79 Å². The Morgan fingerprint density at radius 3 is 2.57 bits per heavy atom. The van der Waals surface area contributed by atoms with Gasteiger partial charge in [0, 0.05) is 32.6 Å². The predicted molar refractivity (Wildman–Crippen MR) is 93.9 cm³/mol. The molecule has 0 spiro atoms. The van der Waals surface area contributed by atoms with E-state index in [9.17, 15) is 4.79 Å². The van der Waals surface area contributed by atoms with Crippen LogP contribution in [-0.4, -0.2) is 50.1 Å². The van der Waals surface area contributed by atoms with Crippen molar-refractivity contribution < 1.29 is 9.53 Å². The van der Waals surface area contributed by atoms with Crippen LogP contribution in [0.4, 0.5) is 5.69 Å². The Hall–Kier alpha value is -1.75. The molecule has 5 heteroatoms. The maximum atomic E-state index is 12.2. The molecule has 0 aromatic heterocycles. The second-order valence-electron chi connectivity index (χ2n) is 5.87. The Bertz CT molecular complexity index is 485. The van der Waals surface area contributed by atoms with E-state index in [1.165, 1.54) is 0 Å². The van der Waals surface area contributed by atoms with Gasteiger partial charge in [0.25, 0.3) is 0 Å². The molecule has 1 aliphatic heterocycles. The predicted octanol–water partition coefficient (Wildman–Crippen LogP) is 2.25. The highest BCUT2D eigenvalue weighted by atomic mass is 16.5. The minimum atomic E-state index is 0.278. The summed E-state index contributed by atoms with van der Waals surface area (Å²) in [5.41, 5.74) is 6.61. The van der Waals surface area contributed by atoms with Crippen molar-refractivity contribution in [3.8, 4) is 5.75 Å². The van der Waals surface area contributed by atoms with Crippen LogP contribution in [0.3, 0.4) is 0 Å². The quantitative estimate of drug-likeness (QED) is 0.747. The topological polar surface area (TPSA) is 58.8 Å². The van der Waals surface area contributed by atoms with Crippen molar-refractivity contribution >= 4 is 11.6 Å². The molecule has 0 unspecified atom stereocenters. The van der Waals surface area contributed by atoms with E-state index < -0.39 is 0 Å². The highest BCUT2D eigenvalue weighted by molar-refractivity contribution is 5.76. The minimum absolute atomic E-state index is 0.278. The van der Waals surface area contributed by atoms with Gasteiger partial charge < -0.3 is 20.3 Å². The third-order valence-corrected chi connectivity index (χ3v) is 4.23.